The van der Waals surface area contributed by atoms with Crippen molar-refractivity contribution in [2.75, 3.05) is 0 Å². The predicted molar refractivity (Wildman–Crippen MR) is 84.1 cm³/mol. The zero-order chi connectivity index (χ0) is 15.7. The van der Waals surface area contributed by atoms with E-state index < -0.39 is 0 Å². The first kappa shape index (κ1) is 15.1. The molecule has 2 N–H and O–H groups in total. The summed E-state index contributed by atoms with van der Waals surface area (Å²) in [5, 5.41) is 20.9. The Balaban J connectivity index is 1.69. The number of Topliss-reactive ketones (excluding diaryl/α,β-unsaturated/α-hetero) is 1. The Hall–Kier alpha value is -0.410. The van der Waals surface area contributed by atoms with Crippen LogP contribution in [-0.4, -0.2) is 28.2 Å². The summed E-state index contributed by atoms with van der Waals surface area (Å²) in [6, 6.07) is 0. The molecule has 4 aliphatic carbocycles. The third kappa shape index (κ3) is 1.84. The minimum atomic E-state index is -0.274. The van der Waals surface area contributed by atoms with E-state index in [2.05, 4.69) is 13.8 Å². The monoisotopic (exact) mass is 306 g/mol. The number of carbonyl (C=O) groups excluding carboxylic acids is 1. The molecule has 4 aliphatic rings. The minimum absolute atomic E-state index is 0.167. The van der Waals surface area contributed by atoms with Gasteiger partial charge in [0.2, 0.25) is 0 Å². The number of aliphatic hydroxyl groups excluding tert-OH is 2. The Morgan fingerprint density at radius 1 is 1.00 bits per heavy atom. The van der Waals surface area contributed by atoms with E-state index in [-0.39, 0.29) is 23.0 Å². The van der Waals surface area contributed by atoms with E-state index in [9.17, 15) is 15.0 Å². The molecule has 0 bridgehead atoms. The van der Waals surface area contributed by atoms with E-state index in [4.69, 9.17) is 0 Å². The molecule has 0 aromatic heterocycles. The molecule has 4 rings (SSSR count). The lowest BCUT2D eigenvalue weighted by atomic mass is 9.44. The first-order valence-corrected chi connectivity index (χ1v) is 9.25. The maximum Gasteiger partial charge on any atom is 0.139 e. The number of aliphatic hydroxyl groups is 2. The second kappa shape index (κ2) is 4.80. The zero-order valence-electron chi connectivity index (χ0n) is 13.9. The predicted octanol–water partition coefficient (Wildman–Crippen LogP) is 2.93. The fourth-order valence-corrected chi connectivity index (χ4v) is 6.97. The molecular weight excluding hydrogens is 276 g/mol. The lowest BCUT2D eigenvalue weighted by Gasteiger charge is -2.61. The van der Waals surface area contributed by atoms with Crippen LogP contribution in [0.4, 0.5) is 0 Å². The summed E-state index contributed by atoms with van der Waals surface area (Å²) in [7, 11) is 0. The maximum atomic E-state index is 12.4. The largest absolute Gasteiger partial charge is 0.393 e. The summed E-state index contributed by atoms with van der Waals surface area (Å²) < 4.78 is 0. The lowest BCUT2D eigenvalue weighted by molar-refractivity contribution is -0.171. The fraction of sp³-hybridized carbons (Fsp3) is 0.947. The first-order valence-electron chi connectivity index (χ1n) is 9.25. The maximum absolute atomic E-state index is 12.4. The Morgan fingerprint density at radius 2 is 1.77 bits per heavy atom. The van der Waals surface area contributed by atoms with Crippen LogP contribution in [0.15, 0.2) is 0 Å². The fourth-order valence-electron chi connectivity index (χ4n) is 6.97. The molecule has 0 aliphatic heterocycles. The summed E-state index contributed by atoms with van der Waals surface area (Å²) in [6.07, 6.45) is 7.03. The van der Waals surface area contributed by atoms with Gasteiger partial charge in [0.25, 0.3) is 0 Å². The third-order valence-corrected chi connectivity index (χ3v) is 8.36. The standard InChI is InChI=1S/C19H30O3/c1-18-7-5-12(20)9-11(18)10-15(21)17-13-3-4-16(22)19(13,2)8-6-14(17)18/h11-15,17,20-21H,3-10H2,1-2H3/t11-,12-,13+,14-,15-,17-,18-,19+/m1/s1. The third-order valence-electron chi connectivity index (χ3n) is 8.36. The smallest absolute Gasteiger partial charge is 0.139 e. The Labute approximate surface area is 133 Å². The van der Waals surface area contributed by atoms with Crippen LogP contribution < -0.4 is 0 Å². The van der Waals surface area contributed by atoms with Crippen LogP contribution >= 0.6 is 0 Å². The molecule has 3 heteroatoms. The minimum Gasteiger partial charge on any atom is -0.393 e. The molecule has 0 aromatic carbocycles. The van der Waals surface area contributed by atoms with Crippen molar-refractivity contribution in [2.45, 2.75) is 77.4 Å². The highest BCUT2D eigenvalue weighted by Gasteiger charge is 2.62. The summed E-state index contributed by atoms with van der Waals surface area (Å²) in [5.41, 5.74) is 0.0929. The topological polar surface area (TPSA) is 57.5 Å². The van der Waals surface area contributed by atoms with Crippen molar-refractivity contribution < 1.29 is 15.0 Å². The van der Waals surface area contributed by atoms with Gasteiger partial charge in [-0.25, -0.2) is 0 Å². The second-order valence-electron chi connectivity index (χ2n) is 9.14. The molecule has 0 unspecified atom stereocenters. The van der Waals surface area contributed by atoms with Crippen LogP contribution in [0.1, 0.15) is 65.2 Å². The van der Waals surface area contributed by atoms with Crippen molar-refractivity contribution >= 4 is 5.78 Å². The average molecular weight is 306 g/mol. The summed E-state index contributed by atoms with van der Waals surface area (Å²) in [4.78, 5) is 12.4. The average Bonchev–Trinajstić information content (AvgIpc) is 2.77. The normalized spacial score (nSPS) is 57.9. The van der Waals surface area contributed by atoms with Crippen molar-refractivity contribution in [3.05, 3.63) is 0 Å². The Kier molecular flexibility index (Phi) is 3.30. The van der Waals surface area contributed by atoms with Gasteiger partial charge >= 0.3 is 0 Å². The van der Waals surface area contributed by atoms with Gasteiger partial charge in [0.15, 0.2) is 0 Å². The van der Waals surface area contributed by atoms with Crippen molar-refractivity contribution in [3.8, 4) is 0 Å². The molecule has 4 saturated carbocycles. The summed E-state index contributed by atoms with van der Waals surface area (Å²) >= 11 is 0. The van der Waals surface area contributed by atoms with Gasteiger partial charge in [-0.05, 0) is 74.0 Å². The molecule has 4 fully saturated rings. The van der Waals surface area contributed by atoms with E-state index >= 15 is 0 Å². The van der Waals surface area contributed by atoms with E-state index in [1.165, 1.54) is 0 Å². The zero-order valence-corrected chi connectivity index (χ0v) is 13.9. The first-order chi connectivity index (χ1) is 10.4. The van der Waals surface area contributed by atoms with Gasteiger partial charge in [-0.3, -0.25) is 4.79 Å². The quantitative estimate of drug-likeness (QED) is 0.723. The van der Waals surface area contributed by atoms with E-state index in [1.54, 1.807) is 0 Å². The van der Waals surface area contributed by atoms with Crippen molar-refractivity contribution in [2.24, 2.45) is 34.5 Å². The lowest BCUT2D eigenvalue weighted by Crippen LogP contribution is -2.58. The molecule has 0 spiro atoms. The molecule has 0 amide bonds. The van der Waals surface area contributed by atoms with Gasteiger partial charge < -0.3 is 10.2 Å². The molecule has 124 valence electrons. The molecule has 0 aromatic rings. The second-order valence-corrected chi connectivity index (χ2v) is 9.14. The van der Waals surface area contributed by atoms with Crippen LogP contribution in [0.3, 0.4) is 0 Å². The Bertz CT molecular complexity index is 489. The molecule has 0 heterocycles. The van der Waals surface area contributed by atoms with Crippen LogP contribution in [0.5, 0.6) is 0 Å². The Morgan fingerprint density at radius 3 is 2.55 bits per heavy atom. The van der Waals surface area contributed by atoms with Gasteiger partial charge in [-0.1, -0.05) is 13.8 Å². The summed E-state index contributed by atoms with van der Waals surface area (Å²) in [5.74, 6) is 2.13. The van der Waals surface area contributed by atoms with E-state index in [0.717, 1.165) is 51.4 Å². The highest BCUT2D eigenvalue weighted by Crippen LogP contribution is 2.65. The number of hydrogen-bond acceptors (Lipinski definition) is 3. The number of carbonyl (C=O) groups is 1. The molecule has 8 atom stereocenters. The van der Waals surface area contributed by atoms with Gasteiger partial charge in [-0.15, -0.1) is 0 Å². The number of rotatable bonds is 0. The van der Waals surface area contributed by atoms with Crippen LogP contribution in [0.2, 0.25) is 0 Å². The van der Waals surface area contributed by atoms with Gasteiger partial charge in [0, 0.05) is 11.8 Å². The number of hydrogen-bond donors (Lipinski definition) is 2. The number of ketones is 1. The van der Waals surface area contributed by atoms with Gasteiger partial charge in [-0.2, -0.15) is 0 Å². The SMILES string of the molecule is C[C@@]12CC[C@@H](O)C[C@@H]1C[C@@H](O)[C@H]1[C@H]2CC[C@]2(C)C(=O)CC[C@@H]12. The van der Waals surface area contributed by atoms with Crippen LogP contribution in [0, 0.1) is 34.5 Å². The molecule has 0 saturated heterocycles. The van der Waals surface area contributed by atoms with Gasteiger partial charge in [0.05, 0.1) is 12.2 Å². The van der Waals surface area contributed by atoms with E-state index in [1.807, 2.05) is 0 Å². The molecule has 22 heavy (non-hydrogen) atoms. The molecular formula is C19H30O3. The van der Waals surface area contributed by atoms with E-state index in [0.29, 0.717) is 29.5 Å². The summed E-state index contributed by atoms with van der Waals surface area (Å²) in [6.45, 7) is 4.57. The highest BCUT2D eigenvalue weighted by atomic mass is 16.3. The molecule has 0 radical (unpaired) electrons. The van der Waals surface area contributed by atoms with Crippen molar-refractivity contribution in [3.63, 3.8) is 0 Å². The van der Waals surface area contributed by atoms with Crippen LogP contribution in [-0.2, 0) is 4.79 Å². The van der Waals surface area contributed by atoms with Gasteiger partial charge in [0.1, 0.15) is 5.78 Å². The molecule has 3 nitrogen and oxygen atoms in total. The highest BCUT2D eigenvalue weighted by molar-refractivity contribution is 5.87. The number of fused-ring (bicyclic) bond motifs is 5. The van der Waals surface area contributed by atoms with Crippen molar-refractivity contribution in [1.29, 1.82) is 0 Å². The van der Waals surface area contributed by atoms with Crippen LogP contribution in [0.25, 0.3) is 0 Å². The van der Waals surface area contributed by atoms with Crippen molar-refractivity contribution in [1.82, 2.24) is 0 Å².